The van der Waals surface area contributed by atoms with Gasteiger partial charge in [0.15, 0.2) is 0 Å². The van der Waals surface area contributed by atoms with E-state index in [1.54, 1.807) is 0 Å². The molecule has 9 heteroatoms. The van der Waals surface area contributed by atoms with Crippen molar-refractivity contribution in [1.29, 1.82) is 0 Å². The van der Waals surface area contributed by atoms with Crippen LogP contribution < -0.4 is 5.32 Å². The molecule has 8 nitrogen and oxygen atoms in total. The van der Waals surface area contributed by atoms with Gasteiger partial charge in [-0.05, 0) is 12.8 Å². The van der Waals surface area contributed by atoms with Crippen LogP contribution in [0.5, 0.6) is 0 Å². The molecule has 0 bridgehead atoms. The van der Waals surface area contributed by atoms with E-state index in [0.29, 0.717) is 23.9 Å². The van der Waals surface area contributed by atoms with E-state index in [0.717, 1.165) is 38.5 Å². The number of unbranched alkanes of at least 4 members (excludes halogenated alkanes) is 28. The summed E-state index contributed by atoms with van der Waals surface area (Å²) in [5.41, 5.74) is 0. The van der Waals surface area contributed by atoms with Crippen LogP contribution in [0, 0.1) is 0 Å². The van der Waals surface area contributed by atoms with Gasteiger partial charge in [-0.3, -0.25) is 13.8 Å². The van der Waals surface area contributed by atoms with Crippen molar-refractivity contribution in [2.24, 2.45) is 0 Å². The molecule has 0 spiro atoms. The number of nitrogens with zero attached hydrogens (tertiary/aromatic N) is 1. The highest BCUT2D eigenvalue weighted by Gasteiger charge is 2.28. The SMILES string of the molecule is CCCCCCCCCCCCCCCCCCCCCC(=O)NC(COP(=O)(O)OCC[N+](C)(C)C)C(O)CCCCCCCCCCCCC. The molecule has 0 radical (unpaired) electrons. The summed E-state index contributed by atoms with van der Waals surface area (Å²) in [4.78, 5) is 23.1. The lowest BCUT2D eigenvalue weighted by atomic mass is 10.0. The fraction of sp³-hybridized carbons (Fsp3) is 0.977. The molecule has 0 fully saturated rings. The van der Waals surface area contributed by atoms with Crippen molar-refractivity contribution in [1.82, 2.24) is 5.32 Å². The van der Waals surface area contributed by atoms with Crippen molar-refractivity contribution in [3.8, 4) is 0 Å². The molecule has 0 aliphatic heterocycles. The fourth-order valence-corrected chi connectivity index (χ4v) is 7.49. The molecule has 0 saturated carbocycles. The Morgan fingerprint density at radius 3 is 1.29 bits per heavy atom. The maximum atomic E-state index is 12.9. The topological polar surface area (TPSA) is 105 Å². The van der Waals surface area contributed by atoms with E-state index in [1.165, 1.54) is 154 Å². The number of nitrogens with one attached hydrogen (secondary N) is 1. The first-order valence-electron chi connectivity index (χ1n) is 22.4. The summed E-state index contributed by atoms with van der Waals surface area (Å²) in [5.74, 6) is -0.141. The van der Waals surface area contributed by atoms with Gasteiger partial charge in [-0.15, -0.1) is 0 Å². The van der Waals surface area contributed by atoms with E-state index in [-0.39, 0.29) is 19.1 Å². The monoisotopic (exact) mass is 762 g/mol. The number of carbonyl (C=O) groups excluding carboxylic acids is 1. The van der Waals surface area contributed by atoms with Gasteiger partial charge in [0, 0.05) is 6.42 Å². The average Bonchev–Trinajstić information content (AvgIpc) is 3.09. The molecule has 3 unspecified atom stereocenters. The van der Waals surface area contributed by atoms with Gasteiger partial charge in [0.2, 0.25) is 5.91 Å². The van der Waals surface area contributed by atoms with Gasteiger partial charge < -0.3 is 19.8 Å². The van der Waals surface area contributed by atoms with Crippen molar-refractivity contribution in [3.05, 3.63) is 0 Å². The number of phosphoric acid groups is 1. The second-order valence-corrected chi connectivity index (χ2v) is 18.2. The van der Waals surface area contributed by atoms with Crippen LogP contribution in [0.15, 0.2) is 0 Å². The summed E-state index contributed by atoms with van der Waals surface area (Å²) < 4.78 is 23.6. The van der Waals surface area contributed by atoms with Gasteiger partial charge in [0.05, 0.1) is 39.9 Å². The highest BCUT2D eigenvalue weighted by atomic mass is 31.2. The van der Waals surface area contributed by atoms with Crippen LogP contribution in [0.4, 0.5) is 0 Å². The zero-order chi connectivity index (χ0) is 38.6. The van der Waals surface area contributed by atoms with Gasteiger partial charge in [-0.2, -0.15) is 0 Å². The molecule has 3 N–H and O–H groups in total. The Bertz CT molecular complexity index is 824. The van der Waals surface area contributed by atoms with Crippen LogP contribution >= 0.6 is 7.82 Å². The molecule has 0 saturated heterocycles. The molecule has 0 aromatic rings. The minimum absolute atomic E-state index is 0.0784. The third-order valence-corrected chi connectivity index (χ3v) is 11.3. The minimum Gasteiger partial charge on any atom is -0.391 e. The number of amides is 1. The Morgan fingerprint density at radius 1 is 0.577 bits per heavy atom. The summed E-state index contributed by atoms with van der Waals surface area (Å²) in [5, 5.41) is 13.9. The van der Waals surface area contributed by atoms with E-state index in [4.69, 9.17) is 9.05 Å². The molecule has 0 aliphatic carbocycles. The van der Waals surface area contributed by atoms with Crippen molar-refractivity contribution in [2.45, 2.75) is 231 Å². The smallest absolute Gasteiger partial charge is 0.391 e. The molecule has 0 aliphatic rings. The van der Waals surface area contributed by atoms with Gasteiger partial charge >= 0.3 is 7.82 Å². The van der Waals surface area contributed by atoms with E-state index < -0.39 is 20.0 Å². The summed E-state index contributed by atoms with van der Waals surface area (Å²) >= 11 is 0. The lowest BCUT2D eigenvalue weighted by Crippen LogP contribution is -2.46. The Kier molecular flexibility index (Phi) is 35.8. The van der Waals surface area contributed by atoms with Crippen molar-refractivity contribution in [3.63, 3.8) is 0 Å². The first-order chi connectivity index (χ1) is 25.0. The van der Waals surface area contributed by atoms with Gasteiger partial charge in [0.25, 0.3) is 0 Å². The number of hydrogen-bond donors (Lipinski definition) is 3. The normalized spacial score (nSPS) is 14.4. The van der Waals surface area contributed by atoms with Crippen LogP contribution in [0.25, 0.3) is 0 Å². The molecule has 0 aromatic carbocycles. The van der Waals surface area contributed by atoms with Crippen LogP contribution in [0.1, 0.15) is 219 Å². The molecule has 0 aromatic heterocycles. The third kappa shape index (κ3) is 37.8. The Labute approximate surface area is 323 Å². The highest BCUT2D eigenvalue weighted by molar-refractivity contribution is 7.47. The number of rotatable bonds is 41. The van der Waals surface area contributed by atoms with E-state index in [1.807, 2.05) is 21.1 Å². The molecule has 0 rings (SSSR count). The summed E-state index contributed by atoms with van der Waals surface area (Å²) in [6.07, 6.45) is 38.4. The Hall–Kier alpha value is -0.500. The molecule has 52 heavy (non-hydrogen) atoms. The predicted octanol–water partition coefficient (Wildman–Crippen LogP) is 12.2. The maximum Gasteiger partial charge on any atom is 0.472 e. The summed E-state index contributed by atoms with van der Waals surface area (Å²) in [6, 6.07) is -0.751. The van der Waals surface area contributed by atoms with E-state index in [2.05, 4.69) is 19.2 Å². The Balaban J connectivity index is 4.25. The van der Waals surface area contributed by atoms with Gasteiger partial charge in [-0.25, -0.2) is 4.57 Å². The lowest BCUT2D eigenvalue weighted by Gasteiger charge is -2.26. The summed E-state index contributed by atoms with van der Waals surface area (Å²) in [7, 11) is 1.63. The zero-order valence-electron chi connectivity index (χ0n) is 35.3. The second-order valence-electron chi connectivity index (χ2n) is 16.8. The third-order valence-electron chi connectivity index (χ3n) is 10.4. The largest absolute Gasteiger partial charge is 0.472 e. The molecular formula is C43H90N2O6P+. The molecule has 3 atom stereocenters. The number of carbonyl (C=O) groups is 1. The Morgan fingerprint density at radius 2 is 0.923 bits per heavy atom. The van der Waals surface area contributed by atoms with Gasteiger partial charge in [0.1, 0.15) is 13.2 Å². The second kappa shape index (κ2) is 36.2. The van der Waals surface area contributed by atoms with Crippen LogP contribution in [-0.4, -0.2) is 73.4 Å². The molecule has 1 amide bonds. The number of likely N-dealkylation sites (N-methyl/N-ethyl adjacent to an activating group) is 1. The van der Waals surface area contributed by atoms with E-state index >= 15 is 0 Å². The van der Waals surface area contributed by atoms with E-state index in [9.17, 15) is 19.4 Å². The average molecular weight is 762 g/mol. The minimum atomic E-state index is -4.30. The summed E-state index contributed by atoms with van der Waals surface area (Å²) in [6.45, 7) is 4.90. The predicted molar refractivity (Wildman–Crippen MR) is 222 cm³/mol. The van der Waals surface area contributed by atoms with Crippen LogP contribution in [0.3, 0.4) is 0 Å². The lowest BCUT2D eigenvalue weighted by molar-refractivity contribution is -0.870. The number of aliphatic hydroxyl groups is 1. The number of aliphatic hydroxyl groups excluding tert-OH is 1. The number of hydrogen-bond acceptors (Lipinski definition) is 5. The quantitative estimate of drug-likeness (QED) is 0.0325. The molecule has 312 valence electrons. The van der Waals surface area contributed by atoms with Crippen LogP contribution in [0.2, 0.25) is 0 Å². The van der Waals surface area contributed by atoms with Crippen molar-refractivity contribution < 1.29 is 32.9 Å². The first-order valence-corrected chi connectivity index (χ1v) is 23.9. The number of phosphoric ester groups is 1. The standard InChI is InChI=1S/C43H89N2O6P/c1-6-8-10-12-14-16-18-19-20-21-22-23-24-25-27-29-31-33-35-37-43(47)44-41(40-51-52(48,49)50-39-38-45(3,4)5)42(46)36-34-32-30-28-26-17-15-13-11-9-7-2/h41-42,46H,6-40H2,1-5H3,(H-,44,47,48,49)/p+1. The van der Waals surface area contributed by atoms with Crippen molar-refractivity contribution >= 4 is 13.7 Å². The molecular weight excluding hydrogens is 671 g/mol. The molecule has 0 heterocycles. The zero-order valence-corrected chi connectivity index (χ0v) is 36.2. The van der Waals surface area contributed by atoms with Gasteiger partial charge in [-0.1, -0.05) is 200 Å². The highest BCUT2D eigenvalue weighted by Crippen LogP contribution is 2.43. The van der Waals surface area contributed by atoms with Crippen molar-refractivity contribution in [2.75, 3.05) is 40.9 Å². The maximum absolute atomic E-state index is 12.9. The number of quaternary nitrogens is 1. The van der Waals surface area contributed by atoms with Crippen LogP contribution in [-0.2, 0) is 18.4 Å². The fourth-order valence-electron chi connectivity index (χ4n) is 6.75. The first kappa shape index (κ1) is 51.5.